The van der Waals surface area contributed by atoms with Gasteiger partial charge in [0.15, 0.2) is 0 Å². The standard InChI is InChI=1S/C16H28N2O3/c1-11(2)16(21)18-9-7-12(8-10-18)15(20)17-13-5-3-4-6-14(13)19/h11-14,19H,3-10H2,1-2H3,(H,17,20). The van der Waals surface area contributed by atoms with E-state index in [1.807, 2.05) is 18.7 Å². The third kappa shape index (κ3) is 4.19. The van der Waals surface area contributed by atoms with Crippen molar-refractivity contribution in [2.75, 3.05) is 13.1 Å². The van der Waals surface area contributed by atoms with Gasteiger partial charge in [-0.25, -0.2) is 0 Å². The quantitative estimate of drug-likeness (QED) is 0.825. The van der Waals surface area contributed by atoms with Crippen LogP contribution in [0, 0.1) is 11.8 Å². The highest BCUT2D eigenvalue weighted by Crippen LogP contribution is 2.22. The van der Waals surface area contributed by atoms with Crippen molar-refractivity contribution in [2.24, 2.45) is 11.8 Å². The number of rotatable bonds is 3. The van der Waals surface area contributed by atoms with E-state index in [2.05, 4.69) is 5.32 Å². The minimum atomic E-state index is -0.398. The average molecular weight is 296 g/mol. The summed E-state index contributed by atoms with van der Waals surface area (Å²) >= 11 is 0. The summed E-state index contributed by atoms with van der Waals surface area (Å²) in [5, 5.41) is 12.9. The smallest absolute Gasteiger partial charge is 0.225 e. The second-order valence-electron chi connectivity index (χ2n) is 6.72. The third-order valence-corrected chi connectivity index (χ3v) is 4.73. The Kier molecular flexibility index (Phi) is 5.62. The fraction of sp³-hybridized carbons (Fsp3) is 0.875. The molecule has 2 fully saturated rings. The Hall–Kier alpha value is -1.10. The fourth-order valence-corrected chi connectivity index (χ4v) is 3.31. The summed E-state index contributed by atoms with van der Waals surface area (Å²) in [5.74, 6) is 0.234. The van der Waals surface area contributed by atoms with Crippen LogP contribution in [0.2, 0.25) is 0 Å². The largest absolute Gasteiger partial charge is 0.391 e. The first-order valence-electron chi connectivity index (χ1n) is 8.26. The number of nitrogens with zero attached hydrogens (tertiary/aromatic N) is 1. The molecule has 2 N–H and O–H groups in total. The van der Waals surface area contributed by atoms with Crippen LogP contribution >= 0.6 is 0 Å². The summed E-state index contributed by atoms with van der Waals surface area (Å²) in [7, 11) is 0. The molecule has 0 aromatic rings. The molecule has 2 rings (SSSR count). The van der Waals surface area contributed by atoms with Crippen molar-refractivity contribution in [1.82, 2.24) is 10.2 Å². The van der Waals surface area contributed by atoms with Gasteiger partial charge < -0.3 is 15.3 Å². The number of hydrogen-bond donors (Lipinski definition) is 2. The van der Waals surface area contributed by atoms with E-state index in [0.717, 1.165) is 38.5 Å². The van der Waals surface area contributed by atoms with E-state index in [9.17, 15) is 14.7 Å². The Labute approximate surface area is 127 Å². The van der Waals surface area contributed by atoms with Crippen molar-refractivity contribution in [3.8, 4) is 0 Å². The molecular weight excluding hydrogens is 268 g/mol. The van der Waals surface area contributed by atoms with Gasteiger partial charge in [0.25, 0.3) is 0 Å². The van der Waals surface area contributed by atoms with Gasteiger partial charge in [-0.3, -0.25) is 9.59 Å². The molecule has 21 heavy (non-hydrogen) atoms. The van der Waals surface area contributed by atoms with Crippen LogP contribution in [-0.2, 0) is 9.59 Å². The number of aliphatic hydroxyl groups excluding tert-OH is 1. The molecule has 1 heterocycles. The van der Waals surface area contributed by atoms with E-state index in [1.54, 1.807) is 0 Å². The number of amides is 2. The second-order valence-corrected chi connectivity index (χ2v) is 6.72. The molecule has 5 heteroatoms. The zero-order valence-corrected chi connectivity index (χ0v) is 13.2. The highest BCUT2D eigenvalue weighted by atomic mass is 16.3. The molecule has 1 saturated heterocycles. The lowest BCUT2D eigenvalue weighted by atomic mass is 9.90. The first-order chi connectivity index (χ1) is 9.99. The van der Waals surface area contributed by atoms with E-state index in [4.69, 9.17) is 0 Å². The van der Waals surface area contributed by atoms with Gasteiger partial charge in [0.2, 0.25) is 11.8 Å². The van der Waals surface area contributed by atoms with Gasteiger partial charge in [0.1, 0.15) is 0 Å². The van der Waals surface area contributed by atoms with Gasteiger partial charge in [-0.2, -0.15) is 0 Å². The number of nitrogens with one attached hydrogen (secondary N) is 1. The first-order valence-corrected chi connectivity index (χ1v) is 8.26. The molecule has 0 aromatic carbocycles. The summed E-state index contributed by atoms with van der Waals surface area (Å²) in [6.07, 6.45) is 4.83. The Morgan fingerprint density at radius 3 is 2.29 bits per heavy atom. The van der Waals surface area contributed by atoms with Crippen LogP contribution < -0.4 is 5.32 Å². The highest BCUT2D eigenvalue weighted by Gasteiger charge is 2.31. The topological polar surface area (TPSA) is 69.6 Å². The predicted molar refractivity (Wildman–Crippen MR) is 80.5 cm³/mol. The summed E-state index contributed by atoms with van der Waals surface area (Å²) in [5.41, 5.74) is 0. The molecule has 2 atom stereocenters. The Bertz CT molecular complexity index is 376. The molecule has 1 aliphatic heterocycles. The van der Waals surface area contributed by atoms with Gasteiger partial charge in [0.05, 0.1) is 12.1 Å². The summed E-state index contributed by atoms with van der Waals surface area (Å²) in [6.45, 7) is 5.15. The summed E-state index contributed by atoms with van der Waals surface area (Å²) in [6, 6.07) is -0.0819. The molecule has 2 unspecified atom stereocenters. The number of hydrogen-bond acceptors (Lipinski definition) is 3. The number of piperidine rings is 1. The van der Waals surface area contributed by atoms with Crippen LogP contribution in [0.1, 0.15) is 52.4 Å². The fourth-order valence-electron chi connectivity index (χ4n) is 3.31. The van der Waals surface area contributed by atoms with Crippen LogP contribution in [-0.4, -0.2) is 47.1 Å². The van der Waals surface area contributed by atoms with Crippen LogP contribution in [0.4, 0.5) is 0 Å². The summed E-state index contributed by atoms with van der Waals surface area (Å²) in [4.78, 5) is 26.1. The number of likely N-dealkylation sites (tertiary alicyclic amines) is 1. The van der Waals surface area contributed by atoms with Crippen molar-refractivity contribution in [2.45, 2.75) is 64.5 Å². The maximum atomic E-state index is 12.3. The lowest BCUT2D eigenvalue weighted by Gasteiger charge is -2.34. The predicted octanol–water partition coefficient (Wildman–Crippen LogP) is 1.30. The minimum absolute atomic E-state index is 0.0182. The molecule has 0 spiro atoms. The van der Waals surface area contributed by atoms with E-state index < -0.39 is 6.10 Å². The normalized spacial score (nSPS) is 27.7. The van der Waals surface area contributed by atoms with Crippen LogP contribution in [0.15, 0.2) is 0 Å². The van der Waals surface area contributed by atoms with Gasteiger partial charge in [-0.1, -0.05) is 26.7 Å². The Balaban J connectivity index is 1.79. The number of aliphatic hydroxyl groups is 1. The zero-order valence-electron chi connectivity index (χ0n) is 13.2. The van der Waals surface area contributed by atoms with Crippen LogP contribution in [0.5, 0.6) is 0 Å². The summed E-state index contributed by atoms with van der Waals surface area (Å²) < 4.78 is 0. The van der Waals surface area contributed by atoms with Crippen LogP contribution in [0.3, 0.4) is 0 Å². The molecule has 120 valence electrons. The van der Waals surface area contributed by atoms with Crippen molar-refractivity contribution < 1.29 is 14.7 Å². The van der Waals surface area contributed by atoms with E-state index >= 15 is 0 Å². The Morgan fingerprint density at radius 2 is 1.71 bits per heavy atom. The van der Waals surface area contributed by atoms with E-state index in [-0.39, 0.29) is 29.7 Å². The maximum Gasteiger partial charge on any atom is 0.225 e. The molecule has 0 aromatic heterocycles. The number of carbonyl (C=O) groups excluding carboxylic acids is 2. The Morgan fingerprint density at radius 1 is 1.10 bits per heavy atom. The SMILES string of the molecule is CC(C)C(=O)N1CCC(C(=O)NC2CCCCC2O)CC1. The minimum Gasteiger partial charge on any atom is -0.391 e. The first kappa shape index (κ1) is 16.3. The zero-order chi connectivity index (χ0) is 15.4. The lowest BCUT2D eigenvalue weighted by molar-refractivity contribution is -0.138. The van der Waals surface area contributed by atoms with Gasteiger partial charge in [0, 0.05) is 24.9 Å². The molecule has 0 bridgehead atoms. The monoisotopic (exact) mass is 296 g/mol. The third-order valence-electron chi connectivity index (χ3n) is 4.73. The van der Waals surface area contributed by atoms with Crippen molar-refractivity contribution in [3.05, 3.63) is 0 Å². The molecule has 1 saturated carbocycles. The lowest BCUT2D eigenvalue weighted by Crippen LogP contribution is -2.49. The highest BCUT2D eigenvalue weighted by molar-refractivity contribution is 5.81. The molecule has 0 radical (unpaired) electrons. The average Bonchev–Trinajstić information content (AvgIpc) is 2.49. The van der Waals surface area contributed by atoms with Crippen molar-refractivity contribution >= 4 is 11.8 Å². The molecule has 5 nitrogen and oxygen atoms in total. The number of carbonyl (C=O) groups is 2. The molecule has 1 aliphatic carbocycles. The molecule has 2 amide bonds. The van der Waals surface area contributed by atoms with Crippen molar-refractivity contribution in [1.29, 1.82) is 0 Å². The van der Waals surface area contributed by atoms with E-state index in [0.29, 0.717) is 13.1 Å². The maximum absolute atomic E-state index is 12.3. The van der Waals surface area contributed by atoms with Gasteiger partial charge >= 0.3 is 0 Å². The van der Waals surface area contributed by atoms with Gasteiger partial charge in [-0.15, -0.1) is 0 Å². The van der Waals surface area contributed by atoms with Gasteiger partial charge in [-0.05, 0) is 25.7 Å². The second kappa shape index (κ2) is 7.25. The van der Waals surface area contributed by atoms with E-state index in [1.165, 1.54) is 0 Å². The molecular formula is C16H28N2O3. The molecule has 2 aliphatic rings. The van der Waals surface area contributed by atoms with Crippen LogP contribution in [0.25, 0.3) is 0 Å². The van der Waals surface area contributed by atoms with Crippen molar-refractivity contribution in [3.63, 3.8) is 0 Å².